The zero-order valence-corrected chi connectivity index (χ0v) is 21.2. The predicted octanol–water partition coefficient (Wildman–Crippen LogP) is 3.87. The van der Waals surface area contributed by atoms with E-state index in [1.165, 1.54) is 13.2 Å². The van der Waals surface area contributed by atoms with Gasteiger partial charge in [0.15, 0.2) is 0 Å². The average Bonchev–Trinajstić information content (AvgIpc) is 3.37. The lowest BCUT2D eigenvalue weighted by Gasteiger charge is -2.57. The van der Waals surface area contributed by atoms with Crippen molar-refractivity contribution in [3.05, 3.63) is 41.7 Å². The van der Waals surface area contributed by atoms with Crippen molar-refractivity contribution >= 4 is 27.3 Å². The number of benzene rings is 2. The summed E-state index contributed by atoms with van der Waals surface area (Å²) < 4.78 is 55.2. The first-order valence-electron chi connectivity index (χ1n) is 12.3. The Balaban J connectivity index is 1.29. The van der Waals surface area contributed by atoms with Crippen LogP contribution in [0.5, 0.6) is 11.5 Å². The molecule has 2 saturated carbocycles. The quantitative estimate of drug-likeness (QED) is 0.606. The fourth-order valence-corrected chi connectivity index (χ4v) is 7.86. The summed E-state index contributed by atoms with van der Waals surface area (Å²) in [6.07, 6.45) is 4.78. The molecule has 36 heavy (non-hydrogen) atoms. The highest BCUT2D eigenvalue weighted by atomic mass is 32.2. The van der Waals surface area contributed by atoms with Crippen molar-refractivity contribution < 1.29 is 27.1 Å². The number of carbonyl (C=O) groups excluding carboxylic acids is 1. The van der Waals surface area contributed by atoms with E-state index in [1.807, 2.05) is 0 Å². The molecule has 0 atom stereocenters. The summed E-state index contributed by atoms with van der Waals surface area (Å²) in [5, 5.41) is 2.93. The Morgan fingerprint density at radius 1 is 1.11 bits per heavy atom. The van der Waals surface area contributed by atoms with E-state index < -0.39 is 21.3 Å². The molecule has 2 aromatic carbocycles. The number of anilines is 2. The highest BCUT2D eigenvalue weighted by Gasteiger charge is 2.52. The van der Waals surface area contributed by atoms with Gasteiger partial charge in [0.25, 0.3) is 10.0 Å². The van der Waals surface area contributed by atoms with Crippen LogP contribution in [-0.2, 0) is 20.2 Å². The molecule has 0 aromatic heterocycles. The molecule has 2 aliphatic carbocycles. The maximum absolute atomic E-state index is 14.1. The first-order valence-corrected chi connectivity index (χ1v) is 13.8. The van der Waals surface area contributed by atoms with Crippen molar-refractivity contribution in [2.45, 2.75) is 54.9 Å². The van der Waals surface area contributed by atoms with Crippen LogP contribution in [0.3, 0.4) is 0 Å². The molecule has 2 spiro atoms. The molecular weight excluding hydrogens is 485 g/mol. The van der Waals surface area contributed by atoms with Gasteiger partial charge in [-0.2, -0.15) is 0 Å². The third-order valence-corrected chi connectivity index (χ3v) is 9.66. The summed E-state index contributed by atoms with van der Waals surface area (Å²) >= 11 is 0. The number of rotatable bonds is 6. The van der Waals surface area contributed by atoms with Gasteiger partial charge in [0.05, 0.1) is 23.9 Å². The summed E-state index contributed by atoms with van der Waals surface area (Å²) in [7, 11) is -0.572. The monoisotopic (exact) mass is 515 g/mol. The van der Waals surface area contributed by atoms with Crippen LogP contribution >= 0.6 is 0 Å². The zero-order chi connectivity index (χ0) is 25.3. The van der Waals surface area contributed by atoms with Crippen LogP contribution in [0, 0.1) is 11.2 Å². The summed E-state index contributed by atoms with van der Waals surface area (Å²) in [6.45, 7) is 2.00. The molecule has 2 heterocycles. The Morgan fingerprint density at radius 2 is 1.83 bits per heavy atom. The molecular formula is C26H30FN3O5S. The number of likely N-dealkylation sites (tertiary alicyclic amines) is 1. The van der Waals surface area contributed by atoms with Gasteiger partial charge in [-0.1, -0.05) is 12.8 Å². The summed E-state index contributed by atoms with van der Waals surface area (Å²) in [5.41, 5.74) is 1.21. The fraction of sp³-hybridized carbons (Fsp3) is 0.500. The van der Waals surface area contributed by atoms with Crippen LogP contribution in [0.25, 0.3) is 0 Å². The van der Waals surface area contributed by atoms with Crippen LogP contribution in [0.4, 0.5) is 15.8 Å². The van der Waals surface area contributed by atoms with Crippen LogP contribution in [0.2, 0.25) is 0 Å². The number of amides is 1. The maximum Gasteiger partial charge on any atom is 0.265 e. The van der Waals surface area contributed by atoms with Gasteiger partial charge < -0.3 is 19.7 Å². The smallest absolute Gasteiger partial charge is 0.265 e. The number of carbonyl (C=O) groups is 1. The predicted molar refractivity (Wildman–Crippen MR) is 133 cm³/mol. The van der Waals surface area contributed by atoms with Crippen molar-refractivity contribution in [1.29, 1.82) is 0 Å². The number of fused-ring (bicyclic) bond motifs is 2. The average molecular weight is 516 g/mol. The van der Waals surface area contributed by atoms with Gasteiger partial charge in [-0.3, -0.25) is 9.52 Å². The molecule has 6 rings (SSSR count). The van der Waals surface area contributed by atoms with E-state index in [2.05, 4.69) is 22.0 Å². The molecule has 3 fully saturated rings. The highest BCUT2D eigenvalue weighted by molar-refractivity contribution is 7.92. The second-order valence-corrected chi connectivity index (χ2v) is 12.5. The van der Waals surface area contributed by atoms with E-state index in [9.17, 15) is 17.6 Å². The SMILES string of the molecule is COc1cc(NS(=O)(=O)c2ccc(F)cc2OC2CC3(C2)CN(C)C3)cc2c1NC(=O)C21CCCC1. The van der Waals surface area contributed by atoms with Gasteiger partial charge in [0, 0.05) is 30.6 Å². The summed E-state index contributed by atoms with van der Waals surface area (Å²) in [6, 6.07) is 6.74. The maximum atomic E-state index is 14.1. The van der Waals surface area contributed by atoms with Gasteiger partial charge in [-0.15, -0.1) is 0 Å². The number of nitrogens with one attached hydrogen (secondary N) is 2. The third kappa shape index (κ3) is 3.64. The molecule has 8 nitrogen and oxygen atoms in total. The van der Waals surface area contributed by atoms with Gasteiger partial charge in [-0.05, 0) is 56.5 Å². The van der Waals surface area contributed by atoms with E-state index in [1.54, 1.807) is 12.1 Å². The van der Waals surface area contributed by atoms with Crippen molar-refractivity contribution in [2.24, 2.45) is 5.41 Å². The lowest BCUT2D eigenvalue weighted by molar-refractivity contribution is -0.120. The van der Waals surface area contributed by atoms with Gasteiger partial charge >= 0.3 is 0 Å². The molecule has 2 aromatic rings. The number of hydrogen-bond donors (Lipinski definition) is 2. The zero-order valence-electron chi connectivity index (χ0n) is 20.4. The van der Waals surface area contributed by atoms with Crippen LogP contribution in [0.1, 0.15) is 44.1 Å². The molecule has 0 radical (unpaired) electrons. The van der Waals surface area contributed by atoms with Crippen molar-refractivity contribution in [3.8, 4) is 11.5 Å². The fourth-order valence-electron chi connectivity index (χ4n) is 6.70. The van der Waals surface area contributed by atoms with Gasteiger partial charge in [-0.25, -0.2) is 12.8 Å². The summed E-state index contributed by atoms with van der Waals surface area (Å²) in [4.78, 5) is 15.0. The van der Waals surface area contributed by atoms with Crippen molar-refractivity contribution in [1.82, 2.24) is 4.90 Å². The molecule has 1 amide bonds. The topological polar surface area (TPSA) is 97.0 Å². The number of nitrogens with zero attached hydrogens (tertiary/aromatic N) is 1. The van der Waals surface area contributed by atoms with Crippen molar-refractivity contribution in [3.63, 3.8) is 0 Å². The molecule has 2 N–H and O–H groups in total. The lowest BCUT2D eigenvalue weighted by Crippen LogP contribution is -2.63. The van der Waals surface area contributed by atoms with Crippen molar-refractivity contribution in [2.75, 3.05) is 37.3 Å². The molecule has 10 heteroatoms. The Hall–Kier alpha value is -2.85. The van der Waals surface area contributed by atoms with Crippen LogP contribution in [0.15, 0.2) is 35.2 Å². The number of methoxy groups -OCH3 is 1. The Kier molecular flexibility index (Phi) is 5.28. The number of ether oxygens (including phenoxy) is 2. The Bertz CT molecular complexity index is 1340. The minimum atomic E-state index is -4.12. The first kappa shape index (κ1) is 23.5. The first-order chi connectivity index (χ1) is 17.1. The van der Waals surface area contributed by atoms with Crippen LogP contribution < -0.4 is 19.5 Å². The Morgan fingerprint density at radius 3 is 2.50 bits per heavy atom. The van der Waals surface area contributed by atoms with Gasteiger partial charge in [0.1, 0.15) is 28.3 Å². The number of hydrogen-bond acceptors (Lipinski definition) is 6. The van der Waals surface area contributed by atoms with E-state index in [0.29, 0.717) is 24.3 Å². The minimum Gasteiger partial charge on any atom is -0.494 e. The second-order valence-electron chi connectivity index (χ2n) is 10.9. The van der Waals surface area contributed by atoms with Gasteiger partial charge in [0.2, 0.25) is 5.91 Å². The minimum absolute atomic E-state index is 0.00672. The molecule has 2 aliphatic heterocycles. The van der Waals surface area contributed by atoms with E-state index in [-0.39, 0.29) is 33.8 Å². The molecule has 4 aliphatic rings. The third-order valence-electron chi connectivity index (χ3n) is 8.24. The Labute approximate surface area is 210 Å². The molecule has 192 valence electrons. The number of sulfonamides is 1. The largest absolute Gasteiger partial charge is 0.494 e. The van der Waals surface area contributed by atoms with E-state index in [4.69, 9.17) is 9.47 Å². The highest BCUT2D eigenvalue weighted by Crippen LogP contribution is 2.53. The molecule has 1 saturated heterocycles. The number of halogens is 1. The molecule has 0 unspecified atom stereocenters. The van der Waals surface area contributed by atoms with Crippen LogP contribution in [-0.4, -0.2) is 52.6 Å². The second kappa shape index (κ2) is 8.08. The summed E-state index contributed by atoms with van der Waals surface area (Å²) in [5.74, 6) is -0.234. The standard InChI is InChI=1S/C26H30FN3O5S/c1-30-14-25(15-30)12-18(13-25)35-20-9-16(27)5-6-22(20)36(32,33)29-17-10-19-23(21(11-17)34-2)28-24(31)26(19)7-3-4-8-26/h5-6,9-11,18,29H,3-4,7-8,12-15H2,1-2H3,(H,28,31). The lowest BCUT2D eigenvalue weighted by atomic mass is 9.62. The molecule has 0 bridgehead atoms. The normalized spacial score (nSPS) is 22.1. The van der Waals surface area contributed by atoms with E-state index >= 15 is 0 Å². The van der Waals surface area contributed by atoms with E-state index in [0.717, 1.165) is 56.5 Å².